The van der Waals surface area contributed by atoms with E-state index >= 15 is 0 Å². The van der Waals surface area contributed by atoms with Crippen LogP contribution in [-0.2, 0) is 10.2 Å². The van der Waals surface area contributed by atoms with E-state index in [1.165, 1.54) is 0 Å². The quantitative estimate of drug-likeness (QED) is 0.876. The zero-order valence-corrected chi connectivity index (χ0v) is 15.0. The van der Waals surface area contributed by atoms with Crippen LogP contribution < -0.4 is 4.74 Å². The van der Waals surface area contributed by atoms with Gasteiger partial charge in [-0.15, -0.1) is 0 Å². The zero-order valence-electron chi connectivity index (χ0n) is 15.0. The lowest BCUT2D eigenvalue weighted by Gasteiger charge is -2.35. The van der Waals surface area contributed by atoms with E-state index in [0.717, 1.165) is 43.4 Å². The third-order valence-corrected chi connectivity index (χ3v) is 6.01. The fourth-order valence-electron chi connectivity index (χ4n) is 4.36. The number of ether oxygens (including phenoxy) is 1. The van der Waals surface area contributed by atoms with Crippen molar-refractivity contribution in [2.24, 2.45) is 0 Å². The van der Waals surface area contributed by atoms with Gasteiger partial charge in [0.1, 0.15) is 5.75 Å². The molecule has 0 spiro atoms. The molecule has 1 atom stereocenters. The molecule has 1 amide bonds. The van der Waals surface area contributed by atoms with Crippen LogP contribution >= 0.6 is 0 Å². The van der Waals surface area contributed by atoms with Crippen molar-refractivity contribution in [1.82, 2.24) is 4.90 Å². The van der Waals surface area contributed by atoms with Crippen molar-refractivity contribution in [3.63, 3.8) is 0 Å². The van der Waals surface area contributed by atoms with Gasteiger partial charge in [-0.2, -0.15) is 0 Å². The zero-order chi connectivity index (χ0) is 17.9. The molecule has 1 saturated heterocycles. The molecule has 2 fully saturated rings. The minimum Gasteiger partial charge on any atom is -0.497 e. The van der Waals surface area contributed by atoms with Gasteiger partial charge in [0.05, 0.1) is 24.7 Å². The van der Waals surface area contributed by atoms with Crippen LogP contribution in [0.15, 0.2) is 24.3 Å². The molecule has 1 aromatic carbocycles. The van der Waals surface area contributed by atoms with Crippen molar-refractivity contribution in [2.45, 2.75) is 56.0 Å². The second-order valence-corrected chi connectivity index (χ2v) is 7.55. The standard InChI is InChI=1S/C20H29NO4/c1-25-17-7-5-16(6-8-17)20(10-2-3-11-20)18(23)21-13-4-9-19(24,15-22)12-14-21/h5-8,22,24H,2-4,9-15H2,1H3/t19-/m0/s1. The molecule has 1 aliphatic carbocycles. The summed E-state index contributed by atoms with van der Waals surface area (Å²) < 4.78 is 5.25. The molecule has 1 aromatic rings. The van der Waals surface area contributed by atoms with Crippen molar-refractivity contribution < 1.29 is 19.7 Å². The maximum atomic E-state index is 13.5. The molecule has 1 aliphatic heterocycles. The lowest BCUT2D eigenvalue weighted by molar-refractivity contribution is -0.137. The number of rotatable bonds is 4. The largest absolute Gasteiger partial charge is 0.497 e. The number of likely N-dealkylation sites (tertiary alicyclic amines) is 1. The number of hydrogen-bond acceptors (Lipinski definition) is 4. The van der Waals surface area contributed by atoms with Gasteiger partial charge in [0.25, 0.3) is 0 Å². The Balaban J connectivity index is 1.83. The maximum absolute atomic E-state index is 13.5. The summed E-state index contributed by atoms with van der Waals surface area (Å²) >= 11 is 0. The first-order valence-electron chi connectivity index (χ1n) is 9.30. The van der Waals surface area contributed by atoms with Crippen molar-refractivity contribution in [2.75, 3.05) is 26.8 Å². The summed E-state index contributed by atoms with van der Waals surface area (Å²) in [6, 6.07) is 7.89. The molecule has 2 N–H and O–H groups in total. The molecule has 3 rings (SSSR count). The predicted molar refractivity (Wildman–Crippen MR) is 95.6 cm³/mol. The molecule has 2 aliphatic rings. The van der Waals surface area contributed by atoms with Gasteiger partial charge in [0.2, 0.25) is 5.91 Å². The van der Waals surface area contributed by atoms with Crippen molar-refractivity contribution >= 4 is 5.91 Å². The highest BCUT2D eigenvalue weighted by Gasteiger charge is 2.45. The Labute approximate surface area is 149 Å². The summed E-state index contributed by atoms with van der Waals surface area (Å²) in [4.78, 5) is 15.4. The molecular weight excluding hydrogens is 318 g/mol. The van der Waals surface area contributed by atoms with Crippen molar-refractivity contribution in [3.05, 3.63) is 29.8 Å². The molecule has 5 heteroatoms. The van der Waals surface area contributed by atoms with Gasteiger partial charge in [-0.3, -0.25) is 4.79 Å². The first-order valence-corrected chi connectivity index (χ1v) is 9.30. The third-order valence-electron chi connectivity index (χ3n) is 6.01. The highest BCUT2D eigenvalue weighted by atomic mass is 16.5. The number of nitrogens with zero attached hydrogens (tertiary/aromatic N) is 1. The monoisotopic (exact) mass is 347 g/mol. The highest BCUT2D eigenvalue weighted by Crippen LogP contribution is 2.43. The van der Waals surface area contributed by atoms with Gasteiger partial charge in [-0.1, -0.05) is 25.0 Å². The van der Waals surface area contributed by atoms with E-state index < -0.39 is 11.0 Å². The topological polar surface area (TPSA) is 70.0 Å². The van der Waals surface area contributed by atoms with Gasteiger partial charge >= 0.3 is 0 Å². The Hall–Kier alpha value is -1.59. The lowest BCUT2D eigenvalue weighted by atomic mass is 9.77. The van der Waals surface area contributed by atoms with E-state index in [0.29, 0.717) is 25.9 Å². The minimum atomic E-state index is -1.04. The molecule has 0 radical (unpaired) electrons. The molecule has 0 bridgehead atoms. The molecule has 0 unspecified atom stereocenters. The smallest absolute Gasteiger partial charge is 0.233 e. The van der Waals surface area contributed by atoms with Gasteiger partial charge in [-0.25, -0.2) is 0 Å². The number of benzene rings is 1. The normalized spacial score (nSPS) is 26.3. The van der Waals surface area contributed by atoms with Crippen LogP contribution in [0.25, 0.3) is 0 Å². The number of methoxy groups -OCH3 is 1. The number of aliphatic hydroxyl groups excluding tert-OH is 1. The first-order chi connectivity index (χ1) is 12.0. The van der Waals surface area contributed by atoms with Crippen LogP contribution in [-0.4, -0.2) is 53.4 Å². The van der Waals surface area contributed by atoms with Crippen LogP contribution in [0.1, 0.15) is 50.5 Å². The number of hydrogen-bond donors (Lipinski definition) is 2. The fraction of sp³-hybridized carbons (Fsp3) is 0.650. The lowest BCUT2D eigenvalue weighted by Crippen LogP contribution is -2.46. The number of amides is 1. The predicted octanol–water partition coefficient (Wildman–Crippen LogP) is 2.24. The molecule has 1 saturated carbocycles. The van der Waals surface area contributed by atoms with Crippen molar-refractivity contribution in [3.8, 4) is 5.75 Å². The Bertz CT molecular complexity index is 594. The second kappa shape index (κ2) is 7.34. The van der Waals surface area contributed by atoms with Crippen LogP contribution in [0.2, 0.25) is 0 Å². The Morgan fingerprint density at radius 3 is 2.36 bits per heavy atom. The Morgan fingerprint density at radius 2 is 1.76 bits per heavy atom. The number of carbonyl (C=O) groups excluding carboxylic acids is 1. The summed E-state index contributed by atoms with van der Waals surface area (Å²) in [6.45, 7) is 0.922. The molecule has 0 aromatic heterocycles. The number of aliphatic hydroxyl groups is 2. The van der Waals surface area contributed by atoms with Crippen LogP contribution in [0.3, 0.4) is 0 Å². The highest BCUT2D eigenvalue weighted by molar-refractivity contribution is 5.88. The molecule has 1 heterocycles. The van der Waals surface area contributed by atoms with Crippen LogP contribution in [0, 0.1) is 0 Å². The minimum absolute atomic E-state index is 0.178. The Morgan fingerprint density at radius 1 is 1.08 bits per heavy atom. The van der Waals surface area contributed by atoms with E-state index in [-0.39, 0.29) is 12.5 Å². The summed E-state index contributed by atoms with van der Waals surface area (Å²) in [7, 11) is 1.64. The fourth-order valence-corrected chi connectivity index (χ4v) is 4.36. The third kappa shape index (κ3) is 3.53. The first kappa shape index (κ1) is 18.2. The average Bonchev–Trinajstić information content (AvgIpc) is 3.06. The summed E-state index contributed by atoms with van der Waals surface area (Å²) in [5, 5.41) is 19.8. The SMILES string of the molecule is COc1ccc(C2(C(=O)N3CCC[C@@](O)(CO)CC3)CCCC2)cc1. The average molecular weight is 347 g/mol. The van der Waals surface area contributed by atoms with E-state index in [1.54, 1.807) is 7.11 Å². The van der Waals surface area contributed by atoms with E-state index in [4.69, 9.17) is 4.74 Å². The van der Waals surface area contributed by atoms with Crippen LogP contribution in [0.5, 0.6) is 5.75 Å². The van der Waals surface area contributed by atoms with E-state index in [1.807, 2.05) is 29.2 Å². The second-order valence-electron chi connectivity index (χ2n) is 7.55. The summed E-state index contributed by atoms with van der Waals surface area (Å²) in [6.07, 6.45) is 5.58. The van der Waals surface area contributed by atoms with E-state index in [9.17, 15) is 15.0 Å². The summed E-state index contributed by atoms with van der Waals surface area (Å²) in [5.74, 6) is 0.976. The van der Waals surface area contributed by atoms with Gasteiger partial charge in [0, 0.05) is 13.1 Å². The van der Waals surface area contributed by atoms with Gasteiger partial charge < -0.3 is 19.8 Å². The molecule has 138 valence electrons. The van der Waals surface area contributed by atoms with Crippen molar-refractivity contribution in [1.29, 1.82) is 0 Å². The number of carbonyl (C=O) groups is 1. The molecule has 25 heavy (non-hydrogen) atoms. The maximum Gasteiger partial charge on any atom is 0.233 e. The summed E-state index contributed by atoms with van der Waals surface area (Å²) in [5.41, 5.74) is -0.427. The van der Waals surface area contributed by atoms with Gasteiger partial charge in [0.15, 0.2) is 0 Å². The van der Waals surface area contributed by atoms with E-state index in [2.05, 4.69) is 0 Å². The van der Waals surface area contributed by atoms with Gasteiger partial charge in [-0.05, 0) is 49.8 Å². The van der Waals surface area contributed by atoms with Crippen LogP contribution in [0.4, 0.5) is 0 Å². The molecule has 5 nitrogen and oxygen atoms in total. The molecular formula is C20H29NO4. The Kier molecular flexibility index (Phi) is 5.35.